The first-order valence-electron chi connectivity index (χ1n) is 10.6. The zero-order chi connectivity index (χ0) is 17.1. The SMILES string of the molecule is CCC(=O)C1CCC2C3CCC4CCCCC4(C)C3C(O)CC12C. The Bertz CT molecular complexity index is 514. The Labute approximate surface area is 147 Å². The number of ketones is 1. The predicted octanol–water partition coefficient (Wildman–Crippen LogP) is 4.99. The molecule has 0 aromatic rings. The van der Waals surface area contributed by atoms with E-state index in [1.54, 1.807) is 0 Å². The molecule has 0 amide bonds. The highest BCUT2D eigenvalue weighted by atomic mass is 16.3. The number of aliphatic hydroxyl groups excluding tert-OH is 1. The minimum atomic E-state index is -0.188. The molecule has 0 spiro atoms. The third-order valence-corrected chi connectivity index (χ3v) is 9.25. The maximum atomic E-state index is 12.6. The minimum Gasteiger partial charge on any atom is -0.393 e. The monoisotopic (exact) mass is 332 g/mol. The molecule has 0 aromatic heterocycles. The van der Waals surface area contributed by atoms with Gasteiger partial charge in [0.1, 0.15) is 5.78 Å². The first-order valence-corrected chi connectivity index (χ1v) is 10.6. The Hall–Kier alpha value is -0.370. The molecular weight excluding hydrogens is 296 g/mol. The summed E-state index contributed by atoms with van der Waals surface area (Å²) in [4.78, 5) is 12.6. The fraction of sp³-hybridized carbons (Fsp3) is 0.955. The van der Waals surface area contributed by atoms with Crippen molar-refractivity contribution in [2.75, 3.05) is 0 Å². The Kier molecular flexibility index (Phi) is 4.14. The highest BCUT2D eigenvalue weighted by Gasteiger charge is 2.63. The van der Waals surface area contributed by atoms with Gasteiger partial charge in [-0.1, -0.05) is 33.6 Å². The van der Waals surface area contributed by atoms with Gasteiger partial charge >= 0.3 is 0 Å². The van der Waals surface area contributed by atoms with Gasteiger partial charge in [-0.2, -0.15) is 0 Å². The first kappa shape index (κ1) is 17.1. The topological polar surface area (TPSA) is 37.3 Å². The molecule has 1 N–H and O–H groups in total. The van der Waals surface area contributed by atoms with Crippen LogP contribution >= 0.6 is 0 Å². The summed E-state index contributed by atoms with van der Waals surface area (Å²) in [5.41, 5.74) is 0.417. The van der Waals surface area contributed by atoms with Crippen molar-refractivity contribution in [1.29, 1.82) is 0 Å². The molecule has 0 aliphatic heterocycles. The van der Waals surface area contributed by atoms with Gasteiger partial charge in [0, 0.05) is 12.3 Å². The number of hydrogen-bond donors (Lipinski definition) is 1. The zero-order valence-corrected chi connectivity index (χ0v) is 15.9. The molecular formula is C22H36O2. The van der Waals surface area contributed by atoms with Crippen LogP contribution in [0.4, 0.5) is 0 Å². The van der Waals surface area contributed by atoms with E-state index < -0.39 is 0 Å². The van der Waals surface area contributed by atoms with Crippen molar-refractivity contribution in [2.45, 2.75) is 91.1 Å². The maximum absolute atomic E-state index is 12.6. The van der Waals surface area contributed by atoms with Crippen LogP contribution in [-0.4, -0.2) is 17.0 Å². The molecule has 4 aliphatic rings. The van der Waals surface area contributed by atoms with Crippen molar-refractivity contribution in [3.63, 3.8) is 0 Å². The molecule has 2 nitrogen and oxygen atoms in total. The second-order valence-electron chi connectivity index (χ2n) is 10.0. The summed E-state index contributed by atoms with van der Waals surface area (Å²) in [7, 11) is 0. The number of carbonyl (C=O) groups is 1. The van der Waals surface area contributed by atoms with Crippen molar-refractivity contribution in [1.82, 2.24) is 0 Å². The van der Waals surface area contributed by atoms with Gasteiger partial charge in [0.05, 0.1) is 6.10 Å². The Morgan fingerprint density at radius 1 is 1.04 bits per heavy atom. The summed E-state index contributed by atoms with van der Waals surface area (Å²) in [6.07, 6.45) is 11.7. The Balaban J connectivity index is 1.67. The summed E-state index contributed by atoms with van der Waals surface area (Å²) in [5, 5.41) is 11.3. The molecule has 8 unspecified atom stereocenters. The summed E-state index contributed by atoms with van der Waals surface area (Å²) >= 11 is 0. The standard InChI is InChI=1S/C22H36O2/c1-4-18(23)17-11-10-16-15-9-8-14-7-5-6-12-21(14,2)20(15)19(24)13-22(16,17)3/h14-17,19-20,24H,4-13H2,1-3H3. The van der Waals surface area contributed by atoms with Crippen LogP contribution in [0.25, 0.3) is 0 Å². The lowest BCUT2D eigenvalue weighted by Gasteiger charge is -2.62. The average Bonchev–Trinajstić information content (AvgIpc) is 2.89. The first-order chi connectivity index (χ1) is 11.4. The van der Waals surface area contributed by atoms with E-state index >= 15 is 0 Å². The molecule has 4 aliphatic carbocycles. The second kappa shape index (κ2) is 5.83. The highest BCUT2D eigenvalue weighted by molar-refractivity contribution is 5.82. The van der Waals surface area contributed by atoms with Gasteiger partial charge in [0.25, 0.3) is 0 Å². The minimum absolute atomic E-state index is 0.0611. The number of aliphatic hydroxyl groups is 1. The van der Waals surface area contributed by atoms with Crippen LogP contribution in [-0.2, 0) is 4.79 Å². The number of hydrogen-bond acceptors (Lipinski definition) is 2. The van der Waals surface area contributed by atoms with Gasteiger partial charge in [0.15, 0.2) is 0 Å². The largest absolute Gasteiger partial charge is 0.393 e. The van der Waals surface area contributed by atoms with Crippen LogP contribution in [0.2, 0.25) is 0 Å². The van der Waals surface area contributed by atoms with E-state index in [0.717, 1.165) is 18.8 Å². The van der Waals surface area contributed by atoms with E-state index in [4.69, 9.17) is 0 Å². The summed E-state index contributed by atoms with van der Waals surface area (Å²) < 4.78 is 0. The van der Waals surface area contributed by atoms with Gasteiger partial charge < -0.3 is 5.11 Å². The van der Waals surface area contributed by atoms with Gasteiger partial charge in [-0.25, -0.2) is 0 Å². The van der Waals surface area contributed by atoms with Crippen LogP contribution in [0.15, 0.2) is 0 Å². The molecule has 0 aromatic carbocycles. The lowest BCUT2D eigenvalue weighted by molar-refractivity contribution is -0.171. The number of carbonyl (C=O) groups excluding carboxylic acids is 1. The zero-order valence-electron chi connectivity index (χ0n) is 15.9. The number of Topliss-reactive ketones (excluding diaryl/α,β-unsaturated/α-hetero) is 1. The normalized spacial score (nSPS) is 53.8. The molecule has 2 heteroatoms. The van der Waals surface area contributed by atoms with E-state index in [0.29, 0.717) is 35.4 Å². The Morgan fingerprint density at radius 2 is 1.83 bits per heavy atom. The van der Waals surface area contributed by atoms with Crippen molar-refractivity contribution >= 4 is 5.78 Å². The van der Waals surface area contributed by atoms with Crippen LogP contribution in [0, 0.1) is 40.4 Å². The molecule has 136 valence electrons. The molecule has 24 heavy (non-hydrogen) atoms. The second-order valence-corrected chi connectivity index (χ2v) is 10.0. The molecule has 8 atom stereocenters. The van der Waals surface area contributed by atoms with Crippen molar-refractivity contribution < 1.29 is 9.90 Å². The van der Waals surface area contributed by atoms with Crippen LogP contribution in [0.1, 0.15) is 85.0 Å². The van der Waals surface area contributed by atoms with E-state index in [2.05, 4.69) is 13.8 Å². The fourth-order valence-electron chi connectivity index (χ4n) is 8.20. The van der Waals surface area contributed by atoms with Crippen LogP contribution < -0.4 is 0 Å². The molecule has 0 saturated heterocycles. The molecule has 4 fully saturated rings. The van der Waals surface area contributed by atoms with E-state index in [-0.39, 0.29) is 17.4 Å². The third-order valence-electron chi connectivity index (χ3n) is 9.25. The molecule has 4 saturated carbocycles. The predicted molar refractivity (Wildman–Crippen MR) is 96.5 cm³/mol. The molecule has 0 radical (unpaired) electrons. The Morgan fingerprint density at radius 3 is 2.58 bits per heavy atom. The quantitative estimate of drug-likeness (QED) is 0.774. The average molecular weight is 333 g/mol. The van der Waals surface area contributed by atoms with Gasteiger partial charge in [-0.3, -0.25) is 4.79 Å². The lowest BCUT2D eigenvalue weighted by Crippen LogP contribution is -2.58. The van der Waals surface area contributed by atoms with E-state index in [9.17, 15) is 9.90 Å². The third kappa shape index (κ3) is 2.20. The summed E-state index contributed by atoms with van der Waals surface area (Å²) in [5.74, 6) is 3.31. The molecule has 4 rings (SSSR count). The smallest absolute Gasteiger partial charge is 0.136 e. The van der Waals surface area contributed by atoms with Gasteiger partial charge in [-0.15, -0.1) is 0 Å². The van der Waals surface area contributed by atoms with Crippen molar-refractivity contribution in [3.8, 4) is 0 Å². The van der Waals surface area contributed by atoms with Crippen molar-refractivity contribution in [3.05, 3.63) is 0 Å². The maximum Gasteiger partial charge on any atom is 0.136 e. The van der Waals surface area contributed by atoms with Gasteiger partial charge in [0.2, 0.25) is 0 Å². The van der Waals surface area contributed by atoms with E-state index in [1.807, 2.05) is 6.92 Å². The number of fused-ring (bicyclic) bond motifs is 5. The fourth-order valence-corrected chi connectivity index (χ4v) is 8.20. The van der Waals surface area contributed by atoms with Crippen molar-refractivity contribution in [2.24, 2.45) is 40.4 Å². The number of rotatable bonds is 2. The summed E-state index contributed by atoms with van der Waals surface area (Å²) in [6, 6.07) is 0. The van der Waals surface area contributed by atoms with Gasteiger partial charge in [-0.05, 0) is 79.4 Å². The molecule has 0 heterocycles. The van der Waals surface area contributed by atoms with E-state index in [1.165, 1.54) is 44.9 Å². The van der Waals surface area contributed by atoms with Crippen LogP contribution in [0.5, 0.6) is 0 Å². The van der Waals surface area contributed by atoms with Crippen LogP contribution in [0.3, 0.4) is 0 Å². The highest BCUT2D eigenvalue weighted by Crippen LogP contribution is 2.67. The lowest BCUT2D eigenvalue weighted by atomic mass is 9.44. The summed E-state index contributed by atoms with van der Waals surface area (Å²) in [6.45, 7) is 6.86. The molecule has 0 bridgehead atoms.